The lowest BCUT2D eigenvalue weighted by Crippen LogP contribution is -2.53. The highest BCUT2D eigenvalue weighted by Gasteiger charge is 2.34. The molecular formula is C27H26F2N10O3. The number of halogens is 2. The van der Waals surface area contributed by atoms with Gasteiger partial charge >= 0.3 is 6.55 Å². The summed E-state index contributed by atoms with van der Waals surface area (Å²) in [4.78, 5) is 41.5. The van der Waals surface area contributed by atoms with E-state index in [0.29, 0.717) is 59.6 Å². The van der Waals surface area contributed by atoms with Crippen LogP contribution in [0.4, 0.5) is 14.5 Å². The van der Waals surface area contributed by atoms with E-state index in [1.54, 1.807) is 29.2 Å². The maximum Gasteiger partial charge on any atom is 0.344 e. The summed E-state index contributed by atoms with van der Waals surface area (Å²) in [5, 5.41) is 7.18. The summed E-state index contributed by atoms with van der Waals surface area (Å²) in [7, 11) is 0. The van der Waals surface area contributed by atoms with Crippen molar-refractivity contribution < 1.29 is 22.8 Å². The molecule has 1 atom stereocenters. The predicted octanol–water partition coefficient (Wildman–Crippen LogP) is 2.60. The Balaban J connectivity index is 1.17. The largest absolute Gasteiger partial charge is 0.435 e. The highest BCUT2D eigenvalue weighted by molar-refractivity contribution is 5.92. The minimum absolute atomic E-state index is 0.000334. The van der Waals surface area contributed by atoms with E-state index in [9.17, 15) is 18.4 Å². The van der Waals surface area contributed by atoms with Gasteiger partial charge in [0.1, 0.15) is 11.2 Å². The van der Waals surface area contributed by atoms with Crippen LogP contribution in [0.1, 0.15) is 29.1 Å². The van der Waals surface area contributed by atoms with Crippen LogP contribution in [0.3, 0.4) is 0 Å². The fourth-order valence-corrected chi connectivity index (χ4v) is 4.90. The summed E-state index contributed by atoms with van der Waals surface area (Å²) in [6.45, 7) is 0.257. The van der Waals surface area contributed by atoms with Gasteiger partial charge in [0.05, 0.1) is 6.04 Å². The van der Waals surface area contributed by atoms with Gasteiger partial charge in [-0.1, -0.05) is 30.3 Å². The number of hydrogen-bond acceptors (Lipinski definition) is 11. The van der Waals surface area contributed by atoms with E-state index in [4.69, 9.17) is 4.42 Å². The van der Waals surface area contributed by atoms with Gasteiger partial charge in [-0.15, -0.1) is 15.8 Å². The number of piperazine rings is 1. The first-order chi connectivity index (χ1) is 20.4. The molecule has 15 heteroatoms. The second kappa shape index (κ2) is 11.5. The zero-order valence-corrected chi connectivity index (χ0v) is 22.4. The molecule has 0 spiro atoms. The molecule has 13 nitrogen and oxygen atoms in total. The van der Waals surface area contributed by atoms with Crippen molar-refractivity contribution in [1.82, 2.24) is 40.8 Å². The lowest BCUT2D eigenvalue weighted by molar-refractivity contribution is -0.114. The van der Waals surface area contributed by atoms with Crippen molar-refractivity contribution >= 4 is 34.4 Å². The predicted molar refractivity (Wildman–Crippen MR) is 148 cm³/mol. The lowest BCUT2D eigenvalue weighted by atomic mass is 10.0. The Morgan fingerprint density at radius 3 is 2.52 bits per heavy atom. The maximum absolute atomic E-state index is 13.4. The molecule has 0 unspecified atom stereocenters. The number of nitrogens with zero attached hydrogens (tertiary/aromatic N) is 7. The van der Waals surface area contributed by atoms with Gasteiger partial charge in [-0.25, -0.2) is 15.0 Å². The van der Waals surface area contributed by atoms with Crippen LogP contribution >= 0.6 is 0 Å². The Kier molecular flexibility index (Phi) is 7.41. The van der Waals surface area contributed by atoms with Gasteiger partial charge in [-0.3, -0.25) is 19.9 Å². The molecule has 4 aromatic rings. The molecule has 0 saturated carbocycles. The number of hydrazine groups is 2. The van der Waals surface area contributed by atoms with E-state index in [0.717, 1.165) is 5.56 Å². The van der Waals surface area contributed by atoms with Gasteiger partial charge in [-0.2, -0.15) is 8.78 Å². The minimum atomic E-state index is -2.81. The van der Waals surface area contributed by atoms with Crippen molar-refractivity contribution in [2.24, 2.45) is 5.10 Å². The first kappa shape index (κ1) is 27.2. The summed E-state index contributed by atoms with van der Waals surface area (Å²) in [5.41, 5.74) is 7.96. The molecule has 4 heterocycles. The van der Waals surface area contributed by atoms with Crippen LogP contribution in [-0.2, 0) is 4.79 Å². The molecule has 2 aromatic carbocycles. The average molecular weight is 577 g/mol. The zero-order chi connectivity index (χ0) is 29.2. The molecule has 216 valence electrons. The summed E-state index contributed by atoms with van der Waals surface area (Å²) in [6.07, 6.45) is 1.47. The molecule has 1 saturated heterocycles. The number of nitrogens with one attached hydrogen (secondary N) is 3. The molecule has 0 aliphatic carbocycles. The van der Waals surface area contributed by atoms with Gasteiger partial charge < -0.3 is 14.6 Å². The molecule has 1 fully saturated rings. The number of fused-ring (bicyclic) bond motifs is 1. The highest BCUT2D eigenvalue weighted by Crippen LogP contribution is 2.27. The number of benzene rings is 2. The molecule has 42 heavy (non-hydrogen) atoms. The summed E-state index contributed by atoms with van der Waals surface area (Å²) < 4.78 is 32.2. The smallest absolute Gasteiger partial charge is 0.344 e. The normalized spacial score (nSPS) is 16.4. The molecule has 2 aliphatic heterocycles. The molecule has 2 aliphatic rings. The molecule has 6 rings (SSSR count). The molecule has 0 radical (unpaired) electrons. The van der Waals surface area contributed by atoms with E-state index >= 15 is 0 Å². The van der Waals surface area contributed by atoms with Crippen LogP contribution in [0.15, 0.2) is 70.3 Å². The Labute approximate surface area is 238 Å². The number of rotatable bonds is 7. The quantitative estimate of drug-likeness (QED) is 0.281. The molecule has 2 amide bonds. The number of anilines is 1. The SMILES string of the molecule is CC(=O)Nc1ccc2oc(-c3ccnc(C(=O)N4CCN([C@@H](C5=NN(C(F)F)NN5)c5ccccc5)CC4)n3)nc2c1. The number of amides is 2. The molecule has 3 N–H and O–H groups in total. The van der Waals surface area contributed by atoms with Crippen molar-refractivity contribution in [2.75, 3.05) is 31.5 Å². The highest BCUT2D eigenvalue weighted by atomic mass is 19.3. The minimum Gasteiger partial charge on any atom is -0.435 e. The lowest BCUT2D eigenvalue weighted by Gasteiger charge is -2.38. The maximum atomic E-state index is 13.4. The standard InChI is InChI=1S/C27H26F2N10O3/c1-16(40)31-18-7-8-21-20(15-18)33-25(42-21)19-9-10-30-24(32-19)26(41)38-13-11-37(12-14-38)22(17-5-3-2-4-6-17)23-34-36-39(35-23)27(28)29/h2-10,15,22,27,36H,11-14H2,1H3,(H,31,40)(H,34,35)/t22-/m1/s1. The first-order valence-corrected chi connectivity index (χ1v) is 13.1. The van der Waals surface area contributed by atoms with Gasteiger partial charge in [0.2, 0.25) is 17.6 Å². The number of aromatic nitrogens is 3. The van der Waals surface area contributed by atoms with E-state index in [2.05, 4.69) is 41.2 Å². The topological polar surface area (TPSA) is 144 Å². The van der Waals surface area contributed by atoms with Crippen LogP contribution in [0.5, 0.6) is 0 Å². The third kappa shape index (κ3) is 5.59. The Morgan fingerprint density at radius 2 is 1.81 bits per heavy atom. The van der Waals surface area contributed by atoms with Gasteiger partial charge in [-0.05, 0) is 29.8 Å². The Hall–Kier alpha value is -5.02. The number of oxazole rings is 1. The molecular weight excluding hydrogens is 550 g/mol. The van der Waals surface area contributed by atoms with E-state index in [1.807, 2.05) is 30.3 Å². The third-order valence-corrected chi connectivity index (χ3v) is 6.81. The summed E-state index contributed by atoms with van der Waals surface area (Å²) >= 11 is 0. The number of alkyl halides is 2. The van der Waals surface area contributed by atoms with Crippen LogP contribution in [-0.4, -0.2) is 80.2 Å². The third-order valence-electron chi connectivity index (χ3n) is 6.81. The average Bonchev–Trinajstić information content (AvgIpc) is 3.66. The summed E-state index contributed by atoms with van der Waals surface area (Å²) in [5.74, 6) is -0.0000727. The van der Waals surface area contributed by atoms with E-state index < -0.39 is 12.6 Å². The fourth-order valence-electron chi connectivity index (χ4n) is 4.90. The number of carbonyl (C=O) groups excluding carboxylic acids is 2. The summed E-state index contributed by atoms with van der Waals surface area (Å²) in [6, 6.07) is 15.7. The van der Waals surface area contributed by atoms with Gasteiger partial charge in [0, 0.05) is 45.0 Å². The van der Waals surface area contributed by atoms with Crippen molar-refractivity contribution in [3.63, 3.8) is 0 Å². The number of amidine groups is 1. The Morgan fingerprint density at radius 1 is 1.02 bits per heavy atom. The van der Waals surface area contributed by atoms with Gasteiger partial charge in [0.15, 0.2) is 11.4 Å². The fraction of sp³-hybridized carbons (Fsp3) is 0.259. The van der Waals surface area contributed by atoms with Gasteiger partial charge in [0.25, 0.3) is 5.91 Å². The second-order valence-electron chi connectivity index (χ2n) is 9.63. The zero-order valence-electron chi connectivity index (χ0n) is 22.4. The first-order valence-electron chi connectivity index (χ1n) is 13.1. The van der Waals surface area contributed by atoms with Crippen molar-refractivity contribution in [3.8, 4) is 11.6 Å². The van der Waals surface area contributed by atoms with Crippen molar-refractivity contribution in [1.29, 1.82) is 0 Å². The second-order valence-corrected chi connectivity index (χ2v) is 9.63. The molecule has 0 bridgehead atoms. The number of carbonyl (C=O) groups is 2. The van der Waals surface area contributed by atoms with Crippen LogP contribution in [0.2, 0.25) is 0 Å². The number of hydrazone groups is 1. The van der Waals surface area contributed by atoms with Crippen LogP contribution in [0.25, 0.3) is 22.7 Å². The van der Waals surface area contributed by atoms with Crippen LogP contribution < -0.4 is 16.3 Å². The number of hydrogen-bond donors (Lipinski definition) is 3. The Bertz CT molecular complexity index is 1640. The van der Waals surface area contributed by atoms with E-state index in [1.165, 1.54) is 13.1 Å². The van der Waals surface area contributed by atoms with Crippen LogP contribution in [0, 0.1) is 0 Å². The van der Waals surface area contributed by atoms with Crippen molar-refractivity contribution in [3.05, 3.63) is 72.2 Å². The monoisotopic (exact) mass is 576 g/mol. The van der Waals surface area contributed by atoms with E-state index in [-0.39, 0.29) is 23.5 Å². The van der Waals surface area contributed by atoms with Crippen molar-refractivity contribution in [2.45, 2.75) is 19.5 Å². The molecule has 2 aromatic heterocycles.